The highest BCUT2D eigenvalue weighted by Gasteiger charge is 2.30. The largest absolute Gasteiger partial charge is 0.340 e. The Morgan fingerprint density at radius 1 is 1.24 bits per heavy atom. The van der Waals surface area contributed by atoms with E-state index in [9.17, 15) is 4.79 Å². The average Bonchev–Trinajstić information content (AvgIpc) is 3.08. The van der Waals surface area contributed by atoms with Gasteiger partial charge in [0, 0.05) is 61.1 Å². The van der Waals surface area contributed by atoms with Gasteiger partial charge in [-0.1, -0.05) is 29.3 Å². The fourth-order valence-corrected chi connectivity index (χ4v) is 4.78. The summed E-state index contributed by atoms with van der Waals surface area (Å²) >= 11 is 13.7. The van der Waals surface area contributed by atoms with Crippen molar-refractivity contribution in [1.29, 1.82) is 0 Å². The number of benzene rings is 1. The lowest BCUT2D eigenvalue weighted by atomic mass is 10.2. The van der Waals surface area contributed by atoms with E-state index in [1.807, 2.05) is 17.0 Å². The fraction of sp³-hybridized carbons (Fsp3) is 0.588. The quantitative estimate of drug-likeness (QED) is 0.787. The first kappa shape index (κ1) is 21.1. The first-order chi connectivity index (χ1) is 11.6. The molecule has 2 heterocycles. The first-order valence-electron chi connectivity index (χ1n) is 8.37. The van der Waals surface area contributed by atoms with Crippen LogP contribution in [0.25, 0.3) is 0 Å². The van der Waals surface area contributed by atoms with Crippen LogP contribution in [0.4, 0.5) is 0 Å². The lowest BCUT2D eigenvalue weighted by Crippen LogP contribution is -2.49. The molecule has 1 aromatic carbocycles. The minimum atomic E-state index is 0. The predicted molar refractivity (Wildman–Crippen MR) is 109 cm³/mol. The summed E-state index contributed by atoms with van der Waals surface area (Å²) in [6.45, 7) is 6.06. The molecule has 0 radical (unpaired) electrons. The Hall–Kier alpha value is -0.170. The fourth-order valence-electron chi connectivity index (χ4n) is 3.29. The maximum atomic E-state index is 12.4. The van der Waals surface area contributed by atoms with E-state index in [2.05, 4.69) is 10.2 Å². The van der Waals surface area contributed by atoms with E-state index in [4.69, 9.17) is 23.2 Å². The van der Waals surface area contributed by atoms with Crippen molar-refractivity contribution in [3.05, 3.63) is 33.8 Å². The van der Waals surface area contributed by atoms with E-state index >= 15 is 0 Å². The number of hydrogen-bond donors (Lipinski definition) is 1. The van der Waals surface area contributed by atoms with Gasteiger partial charge in [-0.15, -0.1) is 24.2 Å². The first-order valence-corrected chi connectivity index (χ1v) is 10.3. The summed E-state index contributed by atoms with van der Waals surface area (Å²) in [5, 5.41) is 4.69. The van der Waals surface area contributed by atoms with Gasteiger partial charge in [-0.05, 0) is 24.1 Å². The molecular formula is C17H24Cl3N3OS. The van der Waals surface area contributed by atoms with Crippen LogP contribution in [0.2, 0.25) is 10.0 Å². The number of nitrogens with one attached hydrogen (secondary N) is 1. The summed E-state index contributed by atoms with van der Waals surface area (Å²) < 4.78 is 0. The third kappa shape index (κ3) is 5.91. The Kier molecular flexibility index (Phi) is 8.65. The predicted octanol–water partition coefficient (Wildman–Crippen LogP) is 3.15. The standard InChI is InChI=1S/C17H23Cl2N3OS.ClH/c18-14-2-1-13(16(19)9-14)11-24-12-17(23)22-6-3-15(10-22)21-7-4-20-5-8-21;/h1-2,9,15,20H,3-8,10-12H2;1H. The van der Waals surface area contributed by atoms with Crippen LogP contribution in [0, 0.1) is 0 Å². The third-order valence-electron chi connectivity index (χ3n) is 4.68. The summed E-state index contributed by atoms with van der Waals surface area (Å²) in [6, 6.07) is 6.05. The van der Waals surface area contributed by atoms with Crippen LogP contribution in [0.1, 0.15) is 12.0 Å². The van der Waals surface area contributed by atoms with Crippen LogP contribution in [0.5, 0.6) is 0 Å². The van der Waals surface area contributed by atoms with Crippen LogP contribution in [0.3, 0.4) is 0 Å². The van der Waals surface area contributed by atoms with Crippen LogP contribution >= 0.6 is 47.4 Å². The second-order valence-corrected chi connectivity index (χ2v) is 8.13. The molecule has 3 rings (SSSR count). The highest BCUT2D eigenvalue weighted by atomic mass is 35.5. The zero-order valence-electron chi connectivity index (χ0n) is 14.0. The molecule has 1 N–H and O–H groups in total. The molecule has 25 heavy (non-hydrogen) atoms. The van der Waals surface area contributed by atoms with Gasteiger partial charge in [-0.25, -0.2) is 0 Å². The van der Waals surface area contributed by atoms with E-state index in [0.29, 0.717) is 21.8 Å². The van der Waals surface area contributed by atoms with Crippen LogP contribution < -0.4 is 5.32 Å². The van der Waals surface area contributed by atoms with E-state index < -0.39 is 0 Å². The molecule has 2 saturated heterocycles. The number of nitrogens with zero attached hydrogens (tertiary/aromatic N) is 2. The number of amides is 1. The van der Waals surface area contributed by atoms with Crippen molar-refractivity contribution >= 4 is 53.3 Å². The van der Waals surface area contributed by atoms with E-state index in [1.165, 1.54) is 0 Å². The Morgan fingerprint density at radius 2 is 2.00 bits per heavy atom. The van der Waals surface area contributed by atoms with E-state index in [0.717, 1.165) is 57.0 Å². The van der Waals surface area contributed by atoms with Gasteiger partial charge in [0.2, 0.25) is 5.91 Å². The molecule has 2 aliphatic rings. The molecule has 1 aromatic rings. The second-order valence-electron chi connectivity index (χ2n) is 6.30. The molecule has 0 spiro atoms. The van der Waals surface area contributed by atoms with Gasteiger partial charge in [-0.3, -0.25) is 9.69 Å². The molecule has 2 fully saturated rings. The van der Waals surface area contributed by atoms with E-state index in [1.54, 1.807) is 17.8 Å². The van der Waals surface area contributed by atoms with Gasteiger partial charge in [0.05, 0.1) is 5.75 Å². The highest BCUT2D eigenvalue weighted by Crippen LogP contribution is 2.25. The maximum absolute atomic E-state index is 12.4. The number of halogens is 3. The molecule has 140 valence electrons. The van der Waals surface area contributed by atoms with Gasteiger partial charge < -0.3 is 10.2 Å². The van der Waals surface area contributed by atoms with Crippen molar-refractivity contribution < 1.29 is 4.79 Å². The Balaban J connectivity index is 0.00000225. The number of rotatable bonds is 5. The number of piperazine rings is 1. The van der Waals surface area contributed by atoms with Gasteiger partial charge in [0.1, 0.15) is 0 Å². The zero-order valence-corrected chi connectivity index (χ0v) is 17.2. The van der Waals surface area contributed by atoms with Crippen molar-refractivity contribution in [3.8, 4) is 0 Å². The van der Waals surface area contributed by atoms with Crippen molar-refractivity contribution in [2.45, 2.75) is 18.2 Å². The van der Waals surface area contributed by atoms with Gasteiger partial charge in [0.25, 0.3) is 0 Å². The Morgan fingerprint density at radius 3 is 2.72 bits per heavy atom. The third-order valence-corrected chi connectivity index (χ3v) is 6.24. The Labute approximate surface area is 170 Å². The minimum absolute atomic E-state index is 0. The SMILES string of the molecule is Cl.O=C(CSCc1ccc(Cl)cc1Cl)N1CCC(N2CCNCC2)C1. The average molecular weight is 425 g/mol. The normalized spacial score (nSPS) is 21.2. The summed E-state index contributed by atoms with van der Waals surface area (Å²) in [6.07, 6.45) is 1.10. The topological polar surface area (TPSA) is 35.6 Å². The van der Waals surface area contributed by atoms with Crippen LogP contribution in [-0.2, 0) is 10.5 Å². The van der Waals surface area contributed by atoms with Crippen LogP contribution in [-0.4, -0.2) is 66.8 Å². The van der Waals surface area contributed by atoms with Crippen molar-refractivity contribution in [2.75, 3.05) is 45.0 Å². The lowest BCUT2D eigenvalue weighted by Gasteiger charge is -2.32. The molecule has 0 bridgehead atoms. The maximum Gasteiger partial charge on any atom is 0.232 e. The molecule has 1 amide bonds. The molecule has 8 heteroatoms. The molecular weight excluding hydrogens is 401 g/mol. The summed E-state index contributed by atoms with van der Waals surface area (Å²) in [4.78, 5) is 17.0. The number of likely N-dealkylation sites (tertiary alicyclic amines) is 1. The monoisotopic (exact) mass is 423 g/mol. The van der Waals surface area contributed by atoms with E-state index in [-0.39, 0.29) is 18.3 Å². The number of thioether (sulfide) groups is 1. The Bertz CT molecular complexity index is 584. The van der Waals surface area contributed by atoms with Gasteiger partial charge >= 0.3 is 0 Å². The molecule has 4 nitrogen and oxygen atoms in total. The number of carbonyl (C=O) groups is 1. The zero-order chi connectivity index (χ0) is 16.9. The summed E-state index contributed by atoms with van der Waals surface area (Å²) in [5.41, 5.74) is 1.03. The van der Waals surface area contributed by atoms with Crippen molar-refractivity contribution in [1.82, 2.24) is 15.1 Å². The van der Waals surface area contributed by atoms with Gasteiger partial charge in [0.15, 0.2) is 0 Å². The smallest absolute Gasteiger partial charge is 0.232 e. The van der Waals surface area contributed by atoms with Crippen LogP contribution in [0.15, 0.2) is 18.2 Å². The minimum Gasteiger partial charge on any atom is -0.340 e. The number of carbonyl (C=O) groups excluding carboxylic acids is 1. The summed E-state index contributed by atoms with van der Waals surface area (Å²) in [5.74, 6) is 1.48. The lowest BCUT2D eigenvalue weighted by molar-refractivity contribution is -0.127. The molecule has 0 saturated carbocycles. The molecule has 1 atom stereocenters. The highest BCUT2D eigenvalue weighted by molar-refractivity contribution is 7.99. The molecule has 0 aliphatic carbocycles. The molecule has 1 unspecified atom stereocenters. The molecule has 2 aliphatic heterocycles. The van der Waals surface area contributed by atoms with Gasteiger partial charge in [-0.2, -0.15) is 0 Å². The van der Waals surface area contributed by atoms with Crippen molar-refractivity contribution in [2.24, 2.45) is 0 Å². The van der Waals surface area contributed by atoms with Crippen molar-refractivity contribution in [3.63, 3.8) is 0 Å². The second kappa shape index (κ2) is 10.2. The number of hydrogen-bond acceptors (Lipinski definition) is 4. The molecule has 0 aromatic heterocycles. The summed E-state index contributed by atoms with van der Waals surface area (Å²) in [7, 11) is 0.